The number of carbonyl (C=O) groups excluding carboxylic acids is 1. The minimum atomic E-state index is -0.977. The lowest BCUT2D eigenvalue weighted by atomic mass is 10.0. The number of anilines is 1. The summed E-state index contributed by atoms with van der Waals surface area (Å²) in [5, 5.41) is 1.70. The lowest BCUT2D eigenvalue weighted by molar-refractivity contribution is -0.0873. The van der Waals surface area contributed by atoms with E-state index in [1.807, 2.05) is 6.08 Å². The zero-order valence-electron chi connectivity index (χ0n) is 16.9. The molecule has 0 saturated carbocycles. The maximum Gasteiger partial charge on any atom is 0.423 e. The van der Waals surface area contributed by atoms with Crippen molar-refractivity contribution in [1.29, 1.82) is 0 Å². The van der Waals surface area contributed by atoms with Crippen LogP contribution in [-0.2, 0) is 4.84 Å². The number of pyridine rings is 1. The zero-order valence-corrected chi connectivity index (χ0v) is 17.7. The predicted molar refractivity (Wildman–Crippen MR) is 114 cm³/mol. The smallest absolute Gasteiger partial charge is 0.423 e. The molecular formula is C21H19ClF2N4O4. The number of hydrogen-bond donors (Lipinski definition) is 2. The Labute approximate surface area is 186 Å². The van der Waals surface area contributed by atoms with Gasteiger partial charge >= 0.3 is 6.09 Å². The third kappa shape index (κ3) is 4.06. The molecule has 1 aromatic carbocycles. The summed E-state index contributed by atoms with van der Waals surface area (Å²) in [4.78, 5) is 20.0. The van der Waals surface area contributed by atoms with Gasteiger partial charge in [0.05, 0.1) is 23.2 Å². The van der Waals surface area contributed by atoms with Crippen LogP contribution in [0.1, 0.15) is 30.6 Å². The van der Waals surface area contributed by atoms with Crippen LogP contribution in [0, 0.1) is 11.6 Å². The number of amides is 1. The number of benzene rings is 1. The third-order valence-electron chi connectivity index (χ3n) is 5.12. The number of ether oxygens (including phenoxy) is 1. The SMILES string of the molecule is C[C@@H](Oc1c(N)ncc2c(C3=CCN(OC(N)=O)CC3)coc12)c1c(F)ccc(F)c1Cl. The van der Waals surface area contributed by atoms with Crippen LogP contribution in [0.15, 0.2) is 35.1 Å². The lowest BCUT2D eigenvalue weighted by Gasteiger charge is -2.23. The molecule has 0 aliphatic carbocycles. The highest BCUT2D eigenvalue weighted by Gasteiger charge is 2.25. The van der Waals surface area contributed by atoms with Gasteiger partial charge in [-0.05, 0) is 31.1 Å². The van der Waals surface area contributed by atoms with E-state index in [2.05, 4.69) is 4.98 Å². The van der Waals surface area contributed by atoms with Gasteiger partial charge in [-0.1, -0.05) is 17.7 Å². The molecule has 1 atom stereocenters. The topological polar surface area (TPSA) is 117 Å². The molecule has 0 saturated heterocycles. The summed E-state index contributed by atoms with van der Waals surface area (Å²) >= 11 is 5.95. The molecule has 4 N–H and O–H groups in total. The van der Waals surface area contributed by atoms with Crippen molar-refractivity contribution in [1.82, 2.24) is 10.0 Å². The number of rotatable bonds is 5. The van der Waals surface area contributed by atoms with Crippen LogP contribution in [0.3, 0.4) is 0 Å². The molecule has 0 unspecified atom stereocenters. The number of primary amides is 1. The van der Waals surface area contributed by atoms with Crippen LogP contribution in [0.4, 0.5) is 19.4 Å². The number of hydroxylamine groups is 2. The summed E-state index contributed by atoms with van der Waals surface area (Å²) in [6.45, 7) is 2.31. The van der Waals surface area contributed by atoms with Gasteiger partial charge in [-0.25, -0.2) is 18.6 Å². The molecule has 2 aromatic heterocycles. The number of hydrogen-bond acceptors (Lipinski definition) is 7. The molecule has 1 amide bonds. The average molecular weight is 465 g/mol. The normalized spacial score (nSPS) is 15.4. The van der Waals surface area contributed by atoms with Crippen LogP contribution in [0.5, 0.6) is 5.75 Å². The van der Waals surface area contributed by atoms with Crippen molar-refractivity contribution in [2.24, 2.45) is 5.73 Å². The Morgan fingerprint density at radius 2 is 2.09 bits per heavy atom. The van der Waals surface area contributed by atoms with Gasteiger partial charge < -0.3 is 25.5 Å². The molecule has 11 heteroatoms. The molecule has 3 heterocycles. The second-order valence-electron chi connectivity index (χ2n) is 7.16. The third-order valence-corrected chi connectivity index (χ3v) is 5.50. The van der Waals surface area contributed by atoms with E-state index in [1.165, 1.54) is 18.3 Å². The van der Waals surface area contributed by atoms with Gasteiger partial charge in [0.15, 0.2) is 11.4 Å². The van der Waals surface area contributed by atoms with Crippen molar-refractivity contribution >= 4 is 40.1 Å². The molecule has 0 radical (unpaired) electrons. The second-order valence-corrected chi connectivity index (χ2v) is 7.54. The van der Waals surface area contributed by atoms with Crippen molar-refractivity contribution in [2.45, 2.75) is 19.4 Å². The summed E-state index contributed by atoms with van der Waals surface area (Å²) in [6, 6.07) is 1.92. The number of nitrogens with two attached hydrogens (primary N) is 2. The minimum absolute atomic E-state index is 0.0249. The minimum Gasteiger partial charge on any atom is -0.478 e. The van der Waals surface area contributed by atoms with Crippen LogP contribution < -0.4 is 16.2 Å². The first-order valence-corrected chi connectivity index (χ1v) is 10.0. The Morgan fingerprint density at radius 1 is 1.34 bits per heavy atom. The fourth-order valence-corrected chi connectivity index (χ4v) is 3.91. The molecule has 0 spiro atoms. The standard InChI is InChI=1S/C21H19ClF2N4O4/c1-10(16-14(23)2-3-15(24)17(16)22)31-19-18-12(8-27-20(19)25)13(9-30-18)11-4-6-28(7-5-11)32-21(26)29/h2-4,8-10H,5-7H2,1H3,(H2,25,27)(H2,26,29)/t10-/m1/s1. The van der Waals surface area contributed by atoms with Crippen LogP contribution in [0.25, 0.3) is 16.5 Å². The molecule has 0 fully saturated rings. The highest BCUT2D eigenvalue weighted by Crippen LogP contribution is 2.40. The van der Waals surface area contributed by atoms with Gasteiger partial charge in [-0.3, -0.25) is 0 Å². The summed E-state index contributed by atoms with van der Waals surface area (Å²) in [7, 11) is 0. The van der Waals surface area contributed by atoms with E-state index in [9.17, 15) is 13.6 Å². The van der Waals surface area contributed by atoms with E-state index in [-0.39, 0.29) is 22.2 Å². The van der Waals surface area contributed by atoms with E-state index in [0.717, 1.165) is 23.3 Å². The van der Waals surface area contributed by atoms with E-state index in [0.29, 0.717) is 30.5 Å². The van der Waals surface area contributed by atoms with E-state index < -0.39 is 23.8 Å². The first kappa shape index (κ1) is 21.8. The first-order chi connectivity index (χ1) is 15.3. The quantitative estimate of drug-likeness (QED) is 0.530. The maximum atomic E-state index is 14.3. The average Bonchev–Trinajstić information content (AvgIpc) is 3.17. The van der Waals surface area contributed by atoms with Gasteiger partial charge in [0.2, 0.25) is 5.75 Å². The lowest BCUT2D eigenvalue weighted by Crippen LogP contribution is -2.33. The number of nitrogen functional groups attached to an aromatic ring is 1. The molecule has 168 valence electrons. The molecule has 32 heavy (non-hydrogen) atoms. The van der Waals surface area contributed by atoms with Crippen molar-refractivity contribution in [3.05, 3.63) is 58.5 Å². The van der Waals surface area contributed by atoms with E-state index >= 15 is 0 Å². The Hall–Kier alpha value is -3.37. The molecule has 4 rings (SSSR count). The van der Waals surface area contributed by atoms with Crippen molar-refractivity contribution in [3.63, 3.8) is 0 Å². The molecular weight excluding hydrogens is 446 g/mol. The van der Waals surface area contributed by atoms with Gasteiger partial charge in [0.25, 0.3) is 0 Å². The van der Waals surface area contributed by atoms with Gasteiger partial charge in [-0.2, -0.15) is 0 Å². The molecule has 8 nitrogen and oxygen atoms in total. The summed E-state index contributed by atoms with van der Waals surface area (Å²) < 4.78 is 39.7. The van der Waals surface area contributed by atoms with Crippen molar-refractivity contribution in [2.75, 3.05) is 18.8 Å². The summed E-state index contributed by atoms with van der Waals surface area (Å²) in [5.74, 6) is -1.35. The van der Waals surface area contributed by atoms with Crippen LogP contribution >= 0.6 is 11.6 Å². The fraction of sp³-hybridized carbons (Fsp3) is 0.238. The first-order valence-electron chi connectivity index (χ1n) is 9.63. The number of furan rings is 1. The zero-order chi connectivity index (χ0) is 23.0. The van der Waals surface area contributed by atoms with Crippen LogP contribution in [-0.4, -0.2) is 29.2 Å². The maximum absolute atomic E-state index is 14.3. The second kappa shape index (κ2) is 8.64. The molecule has 0 bridgehead atoms. The molecule has 1 aliphatic heterocycles. The number of halogens is 3. The number of fused-ring (bicyclic) bond motifs is 1. The van der Waals surface area contributed by atoms with Gasteiger partial charge in [-0.15, -0.1) is 5.06 Å². The monoisotopic (exact) mass is 464 g/mol. The predicted octanol–water partition coefficient (Wildman–Crippen LogP) is 4.58. The Kier molecular flexibility index (Phi) is 5.90. The number of nitrogens with zero attached hydrogens (tertiary/aromatic N) is 2. The Morgan fingerprint density at radius 3 is 2.78 bits per heavy atom. The van der Waals surface area contributed by atoms with Crippen molar-refractivity contribution < 1.29 is 27.6 Å². The number of carbonyl (C=O) groups is 1. The Bertz CT molecular complexity index is 1230. The van der Waals surface area contributed by atoms with Crippen LogP contribution in [0.2, 0.25) is 5.02 Å². The highest BCUT2D eigenvalue weighted by molar-refractivity contribution is 6.31. The Balaban J connectivity index is 1.66. The highest BCUT2D eigenvalue weighted by atomic mass is 35.5. The number of aromatic nitrogens is 1. The summed E-state index contributed by atoms with van der Waals surface area (Å²) in [6.07, 6.45) is 3.66. The largest absolute Gasteiger partial charge is 0.478 e. The molecule has 3 aromatic rings. The van der Waals surface area contributed by atoms with Crippen molar-refractivity contribution in [3.8, 4) is 5.75 Å². The van der Waals surface area contributed by atoms with E-state index in [1.54, 1.807) is 6.20 Å². The fourth-order valence-electron chi connectivity index (χ4n) is 3.60. The summed E-state index contributed by atoms with van der Waals surface area (Å²) in [5.41, 5.74) is 12.9. The van der Waals surface area contributed by atoms with Gasteiger partial charge in [0.1, 0.15) is 17.7 Å². The molecule has 1 aliphatic rings. The van der Waals surface area contributed by atoms with E-state index in [4.69, 9.17) is 37.1 Å². The van der Waals surface area contributed by atoms with Gasteiger partial charge in [0, 0.05) is 23.9 Å².